The maximum Gasteiger partial charge on any atom is 0.344 e. The first kappa shape index (κ1) is 21.3. The van der Waals surface area contributed by atoms with Crippen LogP contribution in [0.25, 0.3) is 55.3 Å². The van der Waals surface area contributed by atoms with Gasteiger partial charge in [-0.3, -0.25) is 4.98 Å². The number of aromatic nitrogens is 1. The van der Waals surface area contributed by atoms with E-state index in [2.05, 4.69) is 20.9 Å². The fourth-order valence-corrected chi connectivity index (χ4v) is 4.86. The molecular formula is C30H18BrNO3. The predicted molar refractivity (Wildman–Crippen MR) is 143 cm³/mol. The Labute approximate surface area is 209 Å². The van der Waals surface area contributed by atoms with Crippen LogP contribution in [-0.4, -0.2) is 10.1 Å². The van der Waals surface area contributed by atoms with Crippen molar-refractivity contribution in [1.29, 1.82) is 0 Å². The van der Waals surface area contributed by atoms with E-state index < -0.39 is 5.63 Å². The molecule has 1 N–H and O–H groups in total. The third-order valence-electron chi connectivity index (χ3n) is 6.15. The minimum Gasteiger partial charge on any atom is -0.507 e. The Hall–Kier alpha value is -4.22. The molecule has 0 aliphatic rings. The zero-order valence-electron chi connectivity index (χ0n) is 18.4. The quantitative estimate of drug-likeness (QED) is 0.259. The molecule has 2 aromatic heterocycles. The van der Waals surface area contributed by atoms with Gasteiger partial charge in [-0.1, -0.05) is 82.7 Å². The third-order valence-corrected chi connectivity index (χ3v) is 6.65. The van der Waals surface area contributed by atoms with Gasteiger partial charge in [-0.2, -0.15) is 0 Å². The van der Waals surface area contributed by atoms with Crippen molar-refractivity contribution in [2.75, 3.05) is 0 Å². The molecule has 0 aliphatic heterocycles. The summed E-state index contributed by atoms with van der Waals surface area (Å²) in [5.74, 6) is 0.410. The fraction of sp³-hybridized carbons (Fsp3) is 0. The predicted octanol–water partition coefficient (Wildman–Crippen LogP) is 7.81. The molecule has 0 fully saturated rings. The molecule has 0 saturated heterocycles. The summed E-state index contributed by atoms with van der Waals surface area (Å²) in [6.07, 6.45) is 1.77. The molecule has 4 aromatic carbocycles. The summed E-state index contributed by atoms with van der Waals surface area (Å²) in [6, 6.07) is 30.5. The highest BCUT2D eigenvalue weighted by Gasteiger charge is 2.22. The topological polar surface area (TPSA) is 63.3 Å². The molecule has 168 valence electrons. The van der Waals surface area contributed by atoms with Crippen LogP contribution in [0.1, 0.15) is 0 Å². The van der Waals surface area contributed by atoms with Gasteiger partial charge in [-0.15, -0.1) is 0 Å². The van der Waals surface area contributed by atoms with E-state index in [1.165, 1.54) is 0 Å². The second-order valence-corrected chi connectivity index (χ2v) is 9.18. The number of rotatable bonds is 3. The lowest BCUT2D eigenvalue weighted by Gasteiger charge is -2.15. The first-order chi connectivity index (χ1) is 17.1. The highest BCUT2D eigenvalue weighted by molar-refractivity contribution is 9.10. The fourth-order valence-electron chi connectivity index (χ4n) is 4.50. The SMILES string of the molecule is O=c1oc(-c2ccc(-c3ccccc3)cn2)c(-c2c(O)ccc3ccc(Br)cc23)c2ccccc12. The normalized spacial score (nSPS) is 11.2. The molecule has 0 spiro atoms. The Morgan fingerprint density at radius 2 is 1.46 bits per heavy atom. The first-order valence-corrected chi connectivity index (χ1v) is 11.9. The number of hydrogen-bond donors (Lipinski definition) is 1. The van der Waals surface area contributed by atoms with Crippen LogP contribution in [0.5, 0.6) is 5.75 Å². The zero-order valence-corrected chi connectivity index (χ0v) is 20.0. The van der Waals surface area contributed by atoms with E-state index in [1.807, 2.05) is 78.9 Å². The Morgan fingerprint density at radius 1 is 0.714 bits per heavy atom. The smallest absolute Gasteiger partial charge is 0.344 e. The van der Waals surface area contributed by atoms with E-state index in [1.54, 1.807) is 24.4 Å². The van der Waals surface area contributed by atoms with Crippen molar-refractivity contribution in [1.82, 2.24) is 4.98 Å². The number of fused-ring (bicyclic) bond motifs is 2. The zero-order chi connectivity index (χ0) is 23.9. The number of aromatic hydroxyl groups is 1. The molecule has 4 nitrogen and oxygen atoms in total. The van der Waals surface area contributed by atoms with Crippen LogP contribution in [0.15, 0.2) is 117 Å². The molecule has 0 unspecified atom stereocenters. The molecule has 0 atom stereocenters. The van der Waals surface area contributed by atoms with Crippen molar-refractivity contribution in [3.63, 3.8) is 0 Å². The lowest BCUT2D eigenvalue weighted by molar-refractivity contribution is 0.477. The van der Waals surface area contributed by atoms with Crippen molar-refractivity contribution in [3.8, 4) is 39.5 Å². The number of benzene rings is 4. The van der Waals surface area contributed by atoms with Crippen LogP contribution in [0.3, 0.4) is 0 Å². The molecule has 35 heavy (non-hydrogen) atoms. The molecule has 0 aliphatic carbocycles. The molecule has 0 radical (unpaired) electrons. The van der Waals surface area contributed by atoms with E-state index >= 15 is 0 Å². The van der Waals surface area contributed by atoms with Crippen molar-refractivity contribution in [3.05, 3.63) is 118 Å². The number of phenols is 1. The van der Waals surface area contributed by atoms with E-state index in [9.17, 15) is 9.90 Å². The van der Waals surface area contributed by atoms with Crippen LogP contribution in [0, 0.1) is 0 Å². The molecular weight excluding hydrogens is 502 g/mol. The molecule has 6 rings (SSSR count). The number of halogens is 1. The van der Waals surface area contributed by atoms with Gasteiger partial charge in [-0.05, 0) is 46.7 Å². The lowest BCUT2D eigenvalue weighted by atomic mass is 9.92. The van der Waals surface area contributed by atoms with Gasteiger partial charge in [0.05, 0.1) is 5.39 Å². The molecule has 2 heterocycles. The number of hydrogen-bond acceptors (Lipinski definition) is 4. The largest absolute Gasteiger partial charge is 0.507 e. The van der Waals surface area contributed by atoms with E-state index in [4.69, 9.17) is 4.42 Å². The van der Waals surface area contributed by atoms with Gasteiger partial charge in [0, 0.05) is 32.7 Å². The highest BCUT2D eigenvalue weighted by Crippen LogP contribution is 2.44. The van der Waals surface area contributed by atoms with Crippen molar-refractivity contribution in [2.45, 2.75) is 0 Å². The lowest BCUT2D eigenvalue weighted by Crippen LogP contribution is -2.04. The van der Waals surface area contributed by atoms with Gasteiger partial charge in [0.15, 0.2) is 5.76 Å². The van der Waals surface area contributed by atoms with Gasteiger partial charge in [0.2, 0.25) is 0 Å². The Bertz CT molecular complexity index is 1770. The van der Waals surface area contributed by atoms with Crippen LogP contribution < -0.4 is 5.63 Å². The van der Waals surface area contributed by atoms with Crippen molar-refractivity contribution >= 4 is 37.5 Å². The summed E-state index contributed by atoms with van der Waals surface area (Å²) < 4.78 is 6.78. The second kappa shape index (κ2) is 8.53. The van der Waals surface area contributed by atoms with Crippen molar-refractivity contribution in [2.24, 2.45) is 0 Å². The summed E-state index contributed by atoms with van der Waals surface area (Å²) in [4.78, 5) is 17.6. The molecule has 6 aromatic rings. The summed E-state index contributed by atoms with van der Waals surface area (Å²) in [5.41, 5.74) is 3.27. The summed E-state index contributed by atoms with van der Waals surface area (Å²) in [6.45, 7) is 0. The molecule has 0 saturated carbocycles. The minimum absolute atomic E-state index is 0.0942. The maximum atomic E-state index is 13.0. The van der Waals surface area contributed by atoms with E-state index in [0.29, 0.717) is 33.4 Å². The first-order valence-electron chi connectivity index (χ1n) is 11.1. The number of phenolic OH excluding ortho intramolecular Hbond substituents is 1. The van der Waals surface area contributed by atoms with Crippen LogP contribution in [0.4, 0.5) is 0 Å². The molecule has 5 heteroatoms. The Balaban J connectivity index is 1.68. The Kier molecular flexibility index (Phi) is 5.20. The van der Waals surface area contributed by atoms with Crippen LogP contribution >= 0.6 is 15.9 Å². The summed E-state index contributed by atoms with van der Waals surface area (Å²) >= 11 is 3.55. The third kappa shape index (κ3) is 3.70. The molecule has 0 amide bonds. The average molecular weight is 520 g/mol. The van der Waals surface area contributed by atoms with Crippen LogP contribution in [0.2, 0.25) is 0 Å². The van der Waals surface area contributed by atoms with Gasteiger partial charge in [0.25, 0.3) is 0 Å². The maximum absolute atomic E-state index is 13.0. The van der Waals surface area contributed by atoms with Crippen molar-refractivity contribution < 1.29 is 9.52 Å². The number of nitrogens with zero attached hydrogens (tertiary/aromatic N) is 1. The van der Waals surface area contributed by atoms with Gasteiger partial charge in [-0.25, -0.2) is 4.79 Å². The Morgan fingerprint density at radius 3 is 2.23 bits per heavy atom. The average Bonchev–Trinajstić information content (AvgIpc) is 2.90. The van der Waals surface area contributed by atoms with Gasteiger partial charge in [0.1, 0.15) is 11.4 Å². The van der Waals surface area contributed by atoms with Gasteiger partial charge < -0.3 is 9.52 Å². The standard InChI is InChI=1S/C30H18BrNO3/c31-21-13-10-19-12-15-26(33)27(24(19)16-21)28-22-8-4-5-9-23(22)30(34)35-29(28)25-14-11-20(17-32-25)18-6-2-1-3-7-18/h1-17,33H. The van der Waals surface area contributed by atoms with Crippen LogP contribution in [-0.2, 0) is 0 Å². The highest BCUT2D eigenvalue weighted by atomic mass is 79.9. The molecule has 0 bridgehead atoms. The monoisotopic (exact) mass is 519 g/mol. The van der Waals surface area contributed by atoms with Gasteiger partial charge >= 0.3 is 5.63 Å². The van der Waals surface area contributed by atoms with E-state index in [0.717, 1.165) is 26.4 Å². The number of pyridine rings is 1. The second-order valence-electron chi connectivity index (χ2n) is 8.26. The van der Waals surface area contributed by atoms with E-state index in [-0.39, 0.29) is 5.75 Å². The summed E-state index contributed by atoms with van der Waals surface area (Å²) in [5, 5.41) is 14.0. The minimum atomic E-state index is -0.450. The summed E-state index contributed by atoms with van der Waals surface area (Å²) in [7, 11) is 0.